The minimum Gasteiger partial charge on any atom is -0.396 e. The first kappa shape index (κ1) is 38.5. The summed E-state index contributed by atoms with van der Waals surface area (Å²) in [5.74, 6) is 6.25. The lowest BCUT2D eigenvalue weighted by Crippen LogP contribution is -2.60. The number of hydrogen-bond donors (Lipinski definition) is 4. The first-order chi connectivity index (χ1) is 23.7. The molecule has 0 amide bonds. The highest BCUT2D eigenvalue weighted by atomic mass is 16.3. The Morgan fingerprint density at radius 2 is 1.27 bits per heavy atom. The average Bonchev–Trinajstić information content (AvgIpc) is 3.57. The van der Waals surface area contributed by atoms with Gasteiger partial charge in [0, 0.05) is 18.9 Å². The van der Waals surface area contributed by atoms with E-state index in [9.17, 15) is 25.2 Å². The second-order valence-corrected chi connectivity index (χ2v) is 22.3. The molecule has 0 heterocycles. The summed E-state index contributed by atoms with van der Waals surface area (Å²) in [7, 11) is 0. The molecule has 290 valence electrons. The summed E-state index contributed by atoms with van der Waals surface area (Å²) in [4.78, 5) is 13.5. The average molecular weight is 709 g/mol. The highest BCUT2D eigenvalue weighted by Gasteiger charge is 2.65. The second kappa shape index (κ2) is 12.9. The second-order valence-electron chi connectivity index (χ2n) is 22.3. The molecule has 8 saturated carbocycles. The van der Waals surface area contributed by atoms with Crippen LogP contribution in [0, 0.1) is 86.8 Å². The molecule has 0 aromatic heterocycles. The van der Waals surface area contributed by atoms with Gasteiger partial charge in [0.1, 0.15) is 5.78 Å². The molecule has 51 heavy (non-hydrogen) atoms. The van der Waals surface area contributed by atoms with E-state index in [0.29, 0.717) is 65.0 Å². The van der Waals surface area contributed by atoms with Crippen molar-refractivity contribution in [3.63, 3.8) is 0 Å². The summed E-state index contributed by atoms with van der Waals surface area (Å²) in [6, 6.07) is 0. The van der Waals surface area contributed by atoms with Crippen molar-refractivity contribution < 1.29 is 25.2 Å². The van der Waals surface area contributed by atoms with Crippen molar-refractivity contribution >= 4 is 5.78 Å². The number of aliphatic hydroxyl groups excluding tert-OH is 2. The van der Waals surface area contributed by atoms with Gasteiger partial charge >= 0.3 is 0 Å². The molecule has 1 unspecified atom stereocenters. The molecule has 0 bridgehead atoms. The first-order valence-corrected chi connectivity index (χ1v) is 21.6. The third-order valence-corrected chi connectivity index (χ3v) is 19.2. The molecule has 8 aliphatic carbocycles. The minimum atomic E-state index is -0.526. The Kier molecular flexibility index (Phi) is 9.75. The number of rotatable bonds is 3. The summed E-state index contributed by atoms with van der Waals surface area (Å²) in [6.07, 6.45) is 16.9. The molecule has 8 aliphatic rings. The van der Waals surface area contributed by atoms with E-state index in [1.165, 1.54) is 56.9 Å². The minimum absolute atomic E-state index is 0.116. The summed E-state index contributed by atoms with van der Waals surface area (Å²) >= 11 is 0. The van der Waals surface area contributed by atoms with E-state index in [4.69, 9.17) is 0 Å². The summed E-state index contributed by atoms with van der Waals surface area (Å²) < 4.78 is 0. The predicted octanol–water partition coefficient (Wildman–Crippen LogP) is 9.15. The molecule has 0 aromatic rings. The largest absolute Gasteiger partial charge is 0.396 e. The Morgan fingerprint density at radius 1 is 0.725 bits per heavy atom. The van der Waals surface area contributed by atoms with Crippen molar-refractivity contribution in [2.45, 2.75) is 175 Å². The van der Waals surface area contributed by atoms with Gasteiger partial charge in [0.2, 0.25) is 0 Å². The normalized spacial score (nSPS) is 56.5. The Hall–Kier alpha value is -0.750. The van der Waals surface area contributed by atoms with Crippen molar-refractivity contribution in [3.05, 3.63) is 12.2 Å². The molecule has 0 spiro atoms. The van der Waals surface area contributed by atoms with Crippen LogP contribution in [0.15, 0.2) is 12.2 Å². The number of hydrogen-bond acceptors (Lipinski definition) is 5. The molecule has 0 aromatic carbocycles. The lowest BCUT2D eigenvalue weighted by atomic mass is 9.43. The van der Waals surface area contributed by atoms with Crippen LogP contribution in [-0.4, -0.2) is 50.1 Å². The molecule has 0 saturated heterocycles. The van der Waals surface area contributed by atoms with Crippen LogP contribution in [0.2, 0.25) is 0 Å². The maximum atomic E-state index is 13.5. The molecule has 5 nitrogen and oxygen atoms in total. The van der Waals surface area contributed by atoms with Crippen LogP contribution in [0.25, 0.3) is 0 Å². The van der Waals surface area contributed by atoms with Gasteiger partial charge in [0.25, 0.3) is 0 Å². The summed E-state index contributed by atoms with van der Waals surface area (Å²) in [6.45, 7) is 22.5. The number of allylic oxidation sites excluding steroid dienone is 1. The maximum absolute atomic E-state index is 13.5. The van der Waals surface area contributed by atoms with E-state index >= 15 is 0 Å². The standard InChI is InChI=1S/C23H40O3.C23H36O2/c1-14(13-24)17-7-8-18-16-6-5-15-11-21(2,26)9-10-22(15,3)20(16)19(25)12-23(17,18)4;1-14(2)17-8-9-18-16-7-6-15-12-21(3,25)10-11-22(15,4)20(16)19(24)13-23(17,18)5/h14-20,24-26H,5-13H2,1-4H3;15-18,20,25H,1,6-13H2,2-5H3/t14-,15-,16+,17-,18+,19?,20-,21+,22+,23-;15-,16+,17-,18+,20-,21+,22+,23-/m11/s1. The highest BCUT2D eigenvalue weighted by molar-refractivity contribution is 5.84. The van der Waals surface area contributed by atoms with Gasteiger partial charge in [-0.2, -0.15) is 0 Å². The fraction of sp³-hybridized carbons (Fsp3) is 0.935. The number of carbonyl (C=O) groups excluding carboxylic acids is 1. The molecule has 0 aliphatic heterocycles. The third kappa shape index (κ3) is 6.01. The number of fused-ring (bicyclic) bond motifs is 10. The number of aliphatic hydroxyl groups is 4. The Balaban J connectivity index is 0.000000159. The van der Waals surface area contributed by atoms with Gasteiger partial charge in [0.15, 0.2) is 0 Å². The van der Waals surface area contributed by atoms with Gasteiger partial charge in [0.05, 0.1) is 17.3 Å². The molecule has 8 rings (SSSR count). The van der Waals surface area contributed by atoms with Crippen LogP contribution in [0.4, 0.5) is 0 Å². The van der Waals surface area contributed by atoms with Crippen LogP contribution in [0.5, 0.6) is 0 Å². The SMILES string of the molecule is C=C(C)[C@H]1CC[C@H]2[C@@H]3CC[C@@H]4C[C@@](C)(O)CC[C@]4(C)[C@H]3C(=O)C[C@]12C.C[C@H](CO)[C@H]1CC[C@H]2[C@@H]3CC[C@@H]4C[C@@](C)(O)CC[C@]4(C)[C@H]3C(O)C[C@]12C. The monoisotopic (exact) mass is 709 g/mol. The maximum Gasteiger partial charge on any atom is 0.137 e. The van der Waals surface area contributed by atoms with Crippen LogP contribution in [-0.2, 0) is 4.79 Å². The van der Waals surface area contributed by atoms with Crippen LogP contribution in [0.3, 0.4) is 0 Å². The van der Waals surface area contributed by atoms with Gasteiger partial charge in [-0.15, -0.1) is 0 Å². The van der Waals surface area contributed by atoms with Gasteiger partial charge in [-0.05, 0) is 198 Å². The number of Topliss-reactive ketones (excluding diaryl/α,β-unsaturated/α-hetero) is 1. The lowest BCUT2D eigenvalue weighted by molar-refractivity contribution is -0.190. The third-order valence-electron chi connectivity index (χ3n) is 19.2. The molecule has 5 heteroatoms. The molecule has 8 fully saturated rings. The summed E-state index contributed by atoms with van der Waals surface area (Å²) in [5, 5.41) is 42.4. The fourth-order valence-corrected chi connectivity index (χ4v) is 16.7. The molecule has 4 N–H and O–H groups in total. The van der Waals surface area contributed by atoms with Crippen molar-refractivity contribution in [1.29, 1.82) is 0 Å². The fourth-order valence-electron chi connectivity index (χ4n) is 16.7. The topological polar surface area (TPSA) is 98.0 Å². The quantitative estimate of drug-likeness (QED) is 0.219. The Labute approximate surface area is 311 Å². The first-order valence-electron chi connectivity index (χ1n) is 21.6. The number of carbonyl (C=O) groups is 1. The van der Waals surface area contributed by atoms with Crippen molar-refractivity contribution in [3.8, 4) is 0 Å². The van der Waals surface area contributed by atoms with Gasteiger partial charge < -0.3 is 20.4 Å². The lowest BCUT2D eigenvalue weighted by Gasteiger charge is -2.63. The predicted molar refractivity (Wildman–Crippen MR) is 205 cm³/mol. The van der Waals surface area contributed by atoms with Gasteiger partial charge in [-0.3, -0.25) is 4.79 Å². The zero-order valence-electron chi connectivity index (χ0n) is 33.9. The Bertz CT molecular complexity index is 1350. The van der Waals surface area contributed by atoms with E-state index in [1.807, 2.05) is 13.8 Å². The molecule has 18 atom stereocenters. The van der Waals surface area contributed by atoms with Crippen molar-refractivity contribution in [2.24, 2.45) is 86.8 Å². The van der Waals surface area contributed by atoms with Crippen molar-refractivity contribution in [1.82, 2.24) is 0 Å². The smallest absolute Gasteiger partial charge is 0.137 e. The zero-order valence-corrected chi connectivity index (χ0v) is 33.9. The van der Waals surface area contributed by atoms with Crippen molar-refractivity contribution in [2.75, 3.05) is 6.61 Å². The van der Waals surface area contributed by atoms with E-state index in [1.54, 1.807) is 0 Å². The highest BCUT2D eigenvalue weighted by Crippen LogP contribution is 2.70. The van der Waals surface area contributed by atoms with Crippen LogP contribution >= 0.6 is 0 Å². The van der Waals surface area contributed by atoms with Crippen LogP contribution in [0.1, 0.15) is 158 Å². The Morgan fingerprint density at radius 3 is 1.88 bits per heavy atom. The van der Waals surface area contributed by atoms with E-state index in [2.05, 4.69) is 48.1 Å². The van der Waals surface area contributed by atoms with Gasteiger partial charge in [-0.25, -0.2) is 0 Å². The van der Waals surface area contributed by atoms with E-state index in [-0.39, 0.29) is 40.3 Å². The summed E-state index contributed by atoms with van der Waals surface area (Å²) in [5.41, 5.74) is 0.878. The van der Waals surface area contributed by atoms with Crippen LogP contribution < -0.4 is 0 Å². The number of ketones is 1. The van der Waals surface area contributed by atoms with E-state index in [0.717, 1.165) is 51.4 Å². The van der Waals surface area contributed by atoms with Gasteiger partial charge in [-0.1, -0.05) is 46.8 Å². The molecular weight excluding hydrogens is 633 g/mol. The van der Waals surface area contributed by atoms with E-state index < -0.39 is 11.2 Å². The zero-order chi connectivity index (χ0) is 37.1. The molecule has 0 radical (unpaired) electrons. The molecular formula is C46H76O5.